The van der Waals surface area contributed by atoms with Crippen molar-refractivity contribution < 1.29 is 24.0 Å². The monoisotopic (exact) mass is 433 g/mol. The van der Waals surface area contributed by atoms with Crippen LogP contribution in [0.1, 0.15) is 21.5 Å². The summed E-state index contributed by atoms with van der Waals surface area (Å²) in [4.78, 5) is 34.6. The van der Waals surface area contributed by atoms with Crippen LogP contribution in [0.4, 0.5) is 5.69 Å². The Labute approximate surface area is 183 Å². The molecule has 1 N–H and O–H groups in total. The minimum Gasteiger partial charge on any atom is -0.477 e. The lowest BCUT2D eigenvalue weighted by Gasteiger charge is -2.06. The van der Waals surface area contributed by atoms with Gasteiger partial charge in [0.2, 0.25) is 0 Å². The van der Waals surface area contributed by atoms with Crippen LogP contribution in [0.15, 0.2) is 77.9 Å². The number of carbonyl (C=O) groups excluding carboxylic acids is 2. The molecule has 0 aliphatic rings. The van der Waals surface area contributed by atoms with E-state index in [0.29, 0.717) is 22.4 Å². The number of nitrogens with zero attached hydrogens (tertiary/aromatic N) is 2. The highest BCUT2D eigenvalue weighted by Crippen LogP contribution is 2.27. The van der Waals surface area contributed by atoms with Crippen LogP contribution in [0.3, 0.4) is 0 Å². The largest absolute Gasteiger partial charge is 0.477 e. The molecule has 32 heavy (non-hydrogen) atoms. The van der Waals surface area contributed by atoms with Crippen molar-refractivity contribution in [3.63, 3.8) is 0 Å². The number of nitrogens with one attached hydrogen (secondary N) is 1. The van der Waals surface area contributed by atoms with Gasteiger partial charge < -0.3 is 9.47 Å². The molecule has 0 radical (unpaired) electrons. The summed E-state index contributed by atoms with van der Waals surface area (Å²) in [6, 6.07) is 19.6. The summed E-state index contributed by atoms with van der Waals surface area (Å²) in [6.07, 6.45) is 1.37. The third-order valence-electron chi connectivity index (χ3n) is 4.15. The molecule has 3 aromatic rings. The highest BCUT2D eigenvalue weighted by atomic mass is 16.6. The van der Waals surface area contributed by atoms with Crippen molar-refractivity contribution >= 4 is 23.8 Å². The molecular weight excluding hydrogens is 414 g/mol. The molecule has 0 saturated carbocycles. The van der Waals surface area contributed by atoms with Crippen molar-refractivity contribution in [3.8, 4) is 11.5 Å². The Morgan fingerprint density at radius 2 is 1.84 bits per heavy atom. The van der Waals surface area contributed by atoms with E-state index in [1.54, 1.807) is 67.6 Å². The first-order chi connectivity index (χ1) is 15.4. The van der Waals surface area contributed by atoms with Crippen LogP contribution in [0.5, 0.6) is 11.5 Å². The van der Waals surface area contributed by atoms with Crippen LogP contribution in [0, 0.1) is 17.0 Å². The maximum atomic E-state index is 12.1. The lowest BCUT2D eigenvalue weighted by molar-refractivity contribution is -0.385. The van der Waals surface area contributed by atoms with E-state index in [1.807, 2.05) is 0 Å². The summed E-state index contributed by atoms with van der Waals surface area (Å²) in [5, 5.41) is 14.9. The average molecular weight is 433 g/mol. The number of esters is 1. The van der Waals surface area contributed by atoms with Crippen molar-refractivity contribution in [3.05, 3.63) is 99.6 Å². The van der Waals surface area contributed by atoms with Crippen LogP contribution in [-0.4, -0.2) is 29.6 Å². The van der Waals surface area contributed by atoms with Gasteiger partial charge in [0.05, 0.1) is 16.7 Å². The van der Waals surface area contributed by atoms with Gasteiger partial charge in [0.25, 0.3) is 5.91 Å². The third-order valence-corrected chi connectivity index (χ3v) is 4.15. The van der Waals surface area contributed by atoms with E-state index in [4.69, 9.17) is 9.47 Å². The Kier molecular flexibility index (Phi) is 7.26. The fourth-order valence-electron chi connectivity index (χ4n) is 2.65. The summed E-state index contributed by atoms with van der Waals surface area (Å²) in [5.74, 6) is -0.769. The van der Waals surface area contributed by atoms with Crippen molar-refractivity contribution in [2.75, 3.05) is 6.61 Å². The van der Waals surface area contributed by atoms with E-state index < -0.39 is 23.4 Å². The van der Waals surface area contributed by atoms with E-state index in [-0.39, 0.29) is 11.4 Å². The first kappa shape index (κ1) is 22.2. The first-order valence-electron chi connectivity index (χ1n) is 9.49. The minimum atomic E-state index is -0.595. The zero-order valence-electron chi connectivity index (χ0n) is 17.1. The van der Waals surface area contributed by atoms with Crippen LogP contribution < -0.4 is 14.9 Å². The fourth-order valence-corrected chi connectivity index (χ4v) is 2.65. The predicted molar refractivity (Wildman–Crippen MR) is 117 cm³/mol. The number of hydrazone groups is 1. The second-order valence-corrected chi connectivity index (χ2v) is 6.64. The van der Waals surface area contributed by atoms with Crippen LogP contribution in [-0.2, 0) is 4.79 Å². The Hall–Kier alpha value is -4.53. The van der Waals surface area contributed by atoms with E-state index in [9.17, 15) is 19.7 Å². The molecule has 0 heterocycles. The molecule has 0 bridgehead atoms. The molecule has 0 fully saturated rings. The Morgan fingerprint density at radius 1 is 1.06 bits per heavy atom. The average Bonchev–Trinajstić information content (AvgIpc) is 2.79. The first-order valence-corrected chi connectivity index (χ1v) is 9.49. The number of rotatable bonds is 8. The second kappa shape index (κ2) is 10.5. The third kappa shape index (κ3) is 6.23. The minimum absolute atomic E-state index is 0.00679. The van der Waals surface area contributed by atoms with Crippen LogP contribution >= 0.6 is 0 Å². The van der Waals surface area contributed by atoms with E-state index in [1.165, 1.54) is 18.3 Å². The lowest BCUT2D eigenvalue weighted by Crippen LogP contribution is -2.24. The number of nitro benzene ring substituents is 1. The maximum absolute atomic E-state index is 12.1. The summed E-state index contributed by atoms with van der Waals surface area (Å²) < 4.78 is 10.6. The second-order valence-electron chi connectivity index (χ2n) is 6.64. The number of hydrogen-bond acceptors (Lipinski definition) is 7. The number of aryl methyl sites for hydroxylation is 1. The number of ether oxygens (including phenoxy) is 2. The summed E-state index contributed by atoms with van der Waals surface area (Å²) >= 11 is 0. The molecular formula is C23H19N3O6. The van der Waals surface area contributed by atoms with Gasteiger partial charge in [-0.1, -0.05) is 36.4 Å². The van der Waals surface area contributed by atoms with Gasteiger partial charge in [-0.25, -0.2) is 10.2 Å². The molecule has 0 aliphatic heterocycles. The van der Waals surface area contributed by atoms with E-state index in [2.05, 4.69) is 10.5 Å². The highest BCUT2D eigenvalue weighted by Gasteiger charge is 2.16. The Balaban J connectivity index is 1.54. The standard InChI is InChI=1S/C23H19N3O6/c1-16-10-11-21(20(12-16)26(29)30)31-15-22(27)25-24-14-17-6-5-9-19(13-17)32-23(28)18-7-3-2-4-8-18/h2-14H,15H2,1H3,(H,25,27). The Morgan fingerprint density at radius 3 is 2.59 bits per heavy atom. The van der Waals surface area contributed by atoms with Crippen molar-refractivity contribution in [1.29, 1.82) is 0 Å². The van der Waals surface area contributed by atoms with Gasteiger partial charge in [0.1, 0.15) is 5.75 Å². The number of hydrogen-bond donors (Lipinski definition) is 1. The number of benzene rings is 3. The van der Waals surface area contributed by atoms with E-state index >= 15 is 0 Å². The Bertz CT molecular complexity index is 1160. The van der Waals surface area contributed by atoms with Gasteiger partial charge >= 0.3 is 11.7 Å². The normalized spacial score (nSPS) is 10.5. The van der Waals surface area contributed by atoms with Crippen molar-refractivity contribution in [2.24, 2.45) is 5.10 Å². The highest BCUT2D eigenvalue weighted by molar-refractivity contribution is 5.91. The molecule has 9 nitrogen and oxygen atoms in total. The van der Waals surface area contributed by atoms with Gasteiger partial charge in [0.15, 0.2) is 12.4 Å². The molecule has 0 aromatic heterocycles. The molecule has 162 valence electrons. The number of amides is 1. The molecule has 0 saturated heterocycles. The van der Waals surface area contributed by atoms with Crippen molar-refractivity contribution in [2.45, 2.75) is 6.92 Å². The summed E-state index contributed by atoms with van der Waals surface area (Å²) in [6.45, 7) is 1.27. The molecule has 3 rings (SSSR count). The molecule has 0 spiro atoms. The van der Waals surface area contributed by atoms with E-state index in [0.717, 1.165) is 0 Å². The van der Waals surface area contributed by atoms with Gasteiger partial charge in [-0.3, -0.25) is 14.9 Å². The van der Waals surface area contributed by atoms with Gasteiger partial charge in [0, 0.05) is 6.07 Å². The summed E-state index contributed by atoms with van der Waals surface area (Å²) in [7, 11) is 0. The zero-order valence-corrected chi connectivity index (χ0v) is 17.1. The smallest absolute Gasteiger partial charge is 0.343 e. The molecule has 3 aromatic carbocycles. The van der Waals surface area contributed by atoms with Gasteiger partial charge in [-0.05, 0) is 48.4 Å². The SMILES string of the molecule is Cc1ccc(OCC(=O)NN=Cc2cccc(OC(=O)c3ccccc3)c2)c([N+](=O)[O-])c1. The fraction of sp³-hybridized carbons (Fsp3) is 0.0870. The van der Waals surface area contributed by atoms with Gasteiger partial charge in [-0.2, -0.15) is 5.10 Å². The van der Waals surface area contributed by atoms with Crippen LogP contribution in [0.2, 0.25) is 0 Å². The number of nitro groups is 1. The maximum Gasteiger partial charge on any atom is 0.343 e. The zero-order chi connectivity index (χ0) is 22.9. The molecule has 0 unspecified atom stereocenters. The van der Waals surface area contributed by atoms with Crippen molar-refractivity contribution in [1.82, 2.24) is 5.43 Å². The molecule has 0 atom stereocenters. The quantitative estimate of drug-likeness (QED) is 0.190. The molecule has 0 aliphatic carbocycles. The topological polar surface area (TPSA) is 120 Å². The van der Waals surface area contributed by atoms with Crippen LogP contribution in [0.25, 0.3) is 0 Å². The molecule has 1 amide bonds. The lowest BCUT2D eigenvalue weighted by atomic mass is 10.2. The predicted octanol–water partition coefficient (Wildman–Crippen LogP) is 3.65. The number of carbonyl (C=O) groups is 2. The summed E-state index contributed by atoms with van der Waals surface area (Å²) in [5.41, 5.74) is 3.77. The van der Waals surface area contributed by atoms with Gasteiger partial charge in [-0.15, -0.1) is 0 Å². The molecule has 9 heteroatoms.